The van der Waals surface area contributed by atoms with Crippen molar-refractivity contribution in [3.8, 4) is 0 Å². The average Bonchev–Trinajstić information content (AvgIpc) is 2.70. The molecule has 1 aliphatic rings. The van der Waals surface area contributed by atoms with Gasteiger partial charge in [-0.05, 0) is 18.9 Å². The third kappa shape index (κ3) is 1.06. The molecule has 1 heterocycles. The summed E-state index contributed by atoms with van der Waals surface area (Å²) < 4.78 is 13.3. The van der Waals surface area contributed by atoms with E-state index in [4.69, 9.17) is 5.73 Å². The van der Waals surface area contributed by atoms with E-state index in [0.717, 1.165) is 0 Å². The number of hydrogen-bond donors (Lipinski definition) is 1. The molecular weight excluding hydrogens is 143 g/mol. The topological polar surface area (TPSA) is 38.9 Å². The third-order valence-corrected chi connectivity index (χ3v) is 1.99. The van der Waals surface area contributed by atoms with Gasteiger partial charge in [-0.15, -0.1) is 0 Å². The Hall–Kier alpha value is -1.12. The summed E-state index contributed by atoms with van der Waals surface area (Å²) in [5.41, 5.74) is 4.93. The van der Waals surface area contributed by atoms with E-state index >= 15 is 0 Å². The van der Waals surface area contributed by atoms with Crippen molar-refractivity contribution < 1.29 is 4.39 Å². The number of nitrogens with zero attached hydrogens (tertiary/aromatic N) is 1. The zero-order valence-electron chi connectivity index (χ0n) is 6.05. The van der Waals surface area contributed by atoms with Gasteiger partial charge in [0.1, 0.15) is 11.5 Å². The maximum atomic E-state index is 13.3. The van der Waals surface area contributed by atoms with Crippen molar-refractivity contribution in [3.05, 3.63) is 23.9 Å². The molecule has 1 aromatic heterocycles. The van der Waals surface area contributed by atoms with Crippen molar-refractivity contribution in [1.29, 1.82) is 0 Å². The average molecular weight is 152 g/mol. The second kappa shape index (κ2) is 1.94. The molecule has 0 aromatic carbocycles. The fraction of sp³-hybridized carbons (Fsp3) is 0.375. The predicted molar refractivity (Wildman–Crippen MR) is 40.7 cm³/mol. The minimum Gasteiger partial charge on any atom is -0.384 e. The first-order chi connectivity index (χ1) is 5.21. The van der Waals surface area contributed by atoms with Crippen LogP contribution in [-0.2, 0) is 5.67 Å². The monoisotopic (exact) mass is 152 g/mol. The fourth-order valence-electron chi connectivity index (χ4n) is 1.07. The van der Waals surface area contributed by atoms with Crippen molar-refractivity contribution in [2.75, 3.05) is 5.73 Å². The van der Waals surface area contributed by atoms with Crippen LogP contribution in [0.15, 0.2) is 18.3 Å². The number of nitrogen functional groups attached to an aromatic ring is 1. The minimum absolute atomic E-state index is 0.443. The van der Waals surface area contributed by atoms with Crippen molar-refractivity contribution in [2.24, 2.45) is 0 Å². The van der Waals surface area contributed by atoms with E-state index in [-0.39, 0.29) is 0 Å². The molecule has 0 radical (unpaired) electrons. The highest BCUT2D eigenvalue weighted by atomic mass is 19.1. The largest absolute Gasteiger partial charge is 0.384 e. The maximum absolute atomic E-state index is 13.3. The van der Waals surface area contributed by atoms with Crippen LogP contribution in [0.1, 0.15) is 18.4 Å². The molecule has 2 N–H and O–H groups in total. The molecule has 3 heteroatoms. The molecule has 0 atom stereocenters. The van der Waals surface area contributed by atoms with Crippen LogP contribution in [0.2, 0.25) is 0 Å². The van der Waals surface area contributed by atoms with Crippen molar-refractivity contribution >= 4 is 5.82 Å². The molecule has 2 rings (SSSR count). The Bertz CT molecular complexity index is 264. The Balaban J connectivity index is 2.33. The third-order valence-electron chi connectivity index (χ3n) is 1.99. The molecule has 0 aliphatic heterocycles. The highest BCUT2D eigenvalue weighted by Gasteiger charge is 2.45. The van der Waals surface area contributed by atoms with Gasteiger partial charge in [-0.25, -0.2) is 9.37 Å². The molecule has 0 spiro atoms. The summed E-state index contributed by atoms with van der Waals surface area (Å²) >= 11 is 0. The van der Waals surface area contributed by atoms with Crippen LogP contribution in [0.5, 0.6) is 0 Å². The van der Waals surface area contributed by atoms with E-state index in [9.17, 15) is 4.39 Å². The van der Waals surface area contributed by atoms with E-state index < -0.39 is 5.67 Å². The van der Waals surface area contributed by atoms with Crippen LogP contribution in [0.3, 0.4) is 0 Å². The van der Waals surface area contributed by atoms with Crippen LogP contribution < -0.4 is 5.73 Å². The number of pyridine rings is 1. The van der Waals surface area contributed by atoms with E-state index in [0.29, 0.717) is 24.2 Å². The second-order valence-electron chi connectivity index (χ2n) is 2.94. The zero-order valence-corrected chi connectivity index (χ0v) is 6.05. The Kier molecular flexibility index (Phi) is 1.16. The molecule has 1 saturated carbocycles. The van der Waals surface area contributed by atoms with Crippen molar-refractivity contribution in [3.63, 3.8) is 0 Å². The van der Waals surface area contributed by atoms with E-state index in [1.165, 1.54) is 6.20 Å². The molecule has 1 fully saturated rings. The fourth-order valence-corrected chi connectivity index (χ4v) is 1.07. The molecular formula is C8H9FN2. The van der Waals surface area contributed by atoms with Crippen LogP contribution >= 0.6 is 0 Å². The molecule has 1 aliphatic carbocycles. The van der Waals surface area contributed by atoms with Gasteiger partial charge in [0.15, 0.2) is 0 Å². The maximum Gasteiger partial charge on any atom is 0.137 e. The number of halogens is 1. The van der Waals surface area contributed by atoms with Gasteiger partial charge in [-0.3, -0.25) is 0 Å². The Morgan fingerprint density at radius 3 is 2.64 bits per heavy atom. The minimum atomic E-state index is -1.08. The summed E-state index contributed by atoms with van der Waals surface area (Å²) in [5.74, 6) is 0.443. The van der Waals surface area contributed by atoms with Gasteiger partial charge in [-0.1, -0.05) is 6.07 Å². The molecule has 11 heavy (non-hydrogen) atoms. The van der Waals surface area contributed by atoms with Crippen molar-refractivity contribution in [1.82, 2.24) is 4.98 Å². The zero-order chi connectivity index (χ0) is 7.90. The number of alkyl halides is 1. The van der Waals surface area contributed by atoms with E-state index in [2.05, 4.69) is 4.98 Å². The number of hydrogen-bond acceptors (Lipinski definition) is 2. The van der Waals surface area contributed by atoms with Crippen LogP contribution in [0.4, 0.5) is 10.2 Å². The lowest BCUT2D eigenvalue weighted by Gasteiger charge is -2.03. The summed E-state index contributed by atoms with van der Waals surface area (Å²) in [6, 6.07) is 3.34. The highest BCUT2D eigenvalue weighted by Crippen LogP contribution is 2.49. The molecule has 1 aromatic rings. The quantitative estimate of drug-likeness (QED) is 0.664. The Morgan fingerprint density at radius 1 is 1.45 bits per heavy atom. The molecule has 58 valence electrons. The van der Waals surface area contributed by atoms with Crippen LogP contribution in [-0.4, -0.2) is 4.98 Å². The Morgan fingerprint density at radius 2 is 2.18 bits per heavy atom. The van der Waals surface area contributed by atoms with Gasteiger partial charge in [0.05, 0.1) is 0 Å². The normalized spacial score (nSPS) is 19.7. The van der Waals surface area contributed by atoms with Gasteiger partial charge < -0.3 is 5.73 Å². The lowest BCUT2D eigenvalue weighted by Crippen LogP contribution is -1.99. The SMILES string of the molecule is Nc1ccc(C2(F)CC2)cn1. The van der Waals surface area contributed by atoms with E-state index in [1.54, 1.807) is 12.1 Å². The summed E-state index contributed by atoms with van der Waals surface area (Å²) in [5, 5.41) is 0. The van der Waals surface area contributed by atoms with Gasteiger partial charge in [0, 0.05) is 11.8 Å². The van der Waals surface area contributed by atoms with E-state index in [1.807, 2.05) is 0 Å². The first-order valence-electron chi connectivity index (χ1n) is 3.62. The van der Waals surface area contributed by atoms with Gasteiger partial charge >= 0.3 is 0 Å². The standard InChI is InChI=1S/C8H9FN2/c9-8(3-4-8)6-1-2-7(10)11-5-6/h1-2,5H,3-4H2,(H2,10,11). The first kappa shape index (κ1) is 6.58. The molecule has 0 unspecified atom stereocenters. The smallest absolute Gasteiger partial charge is 0.137 e. The summed E-state index contributed by atoms with van der Waals surface area (Å²) in [6.07, 6.45) is 2.76. The Labute approximate surface area is 64.2 Å². The summed E-state index contributed by atoms with van der Waals surface area (Å²) in [7, 11) is 0. The summed E-state index contributed by atoms with van der Waals surface area (Å²) in [4.78, 5) is 3.82. The molecule has 0 amide bonds. The second-order valence-corrected chi connectivity index (χ2v) is 2.94. The van der Waals surface area contributed by atoms with Crippen LogP contribution in [0, 0.1) is 0 Å². The number of rotatable bonds is 1. The van der Waals surface area contributed by atoms with Crippen molar-refractivity contribution in [2.45, 2.75) is 18.5 Å². The highest BCUT2D eigenvalue weighted by molar-refractivity contribution is 5.33. The van der Waals surface area contributed by atoms with Gasteiger partial charge in [-0.2, -0.15) is 0 Å². The first-order valence-corrected chi connectivity index (χ1v) is 3.62. The molecule has 0 bridgehead atoms. The molecule has 0 saturated heterocycles. The predicted octanol–water partition coefficient (Wildman–Crippen LogP) is 1.62. The lowest BCUT2D eigenvalue weighted by atomic mass is 10.1. The lowest BCUT2D eigenvalue weighted by molar-refractivity contribution is 0.317. The van der Waals surface area contributed by atoms with Gasteiger partial charge in [0.2, 0.25) is 0 Å². The summed E-state index contributed by atoms with van der Waals surface area (Å²) in [6.45, 7) is 0. The van der Waals surface area contributed by atoms with Crippen LogP contribution in [0.25, 0.3) is 0 Å². The number of anilines is 1. The number of aromatic nitrogens is 1. The number of nitrogens with two attached hydrogens (primary N) is 1. The van der Waals surface area contributed by atoms with Gasteiger partial charge in [0.25, 0.3) is 0 Å². The molecule has 2 nitrogen and oxygen atoms in total.